The van der Waals surface area contributed by atoms with Crippen molar-refractivity contribution in [3.63, 3.8) is 0 Å². The number of aromatic nitrogens is 1. The first-order valence-corrected chi connectivity index (χ1v) is 10.4. The number of allylic oxidation sites excluding steroid dienone is 7. The number of amides is 1. The van der Waals surface area contributed by atoms with Crippen LogP contribution < -0.4 is 15.9 Å². The summed E-state index contributed by atoms with van der Waals surface area (Å²) in [5, 5.41) is 22.1. The first-order chi connectivity index (χ1) is 15.3. The van der Waals surface area contributed by atoms with E-state index in [-0.39, 0.29) is 44.4 Å². The first-order valence-electron chi connectivity index (χ1n) is 10.4. The van der Waals surface area contributed by atoms with E-state index in [1.54, 1.807) is 12.1 Å². The van der Waals surface area contributed by atoms with Crippen molar-refractivity contribution in [3.05, 3.63) is 83.2 Å². The van der Waals surface area contributed by atoms with Gasteiger partial charge in [0.25, 0.3) is 0 Å². The monoisotopic (exact) mass is 523 g/mol. The number of phenolic OH excluding ortho intramolecular Hbond substituents is 1. The number of aliphatic hydroxyl groups is 1. The van der Waals surface area contributed by atoms with Gasteiger partial charge in [-0.1, -0.05) is 43.0 Å². The standard InChI is InChI=1S/C26H30N2O2.CH4O.Y/c1-7-10-11-12-20(8-2)21-14-22(16-23(30)15-21)25-17-28(6)26(9-3)24(25)13-18(4)27-19(5)29;1-2;/h7-17,30H,4H2,1-3,5-6H3,(H,27,29);2H,1H3;/b10-7-,12-11-,20-8+,24-13-,26-9+;;. The summed E-state index contributed by atoms with van der Waals surface area (Å²) in [7, 11) is 2.97. The van der Waals surface area contributed by atoms with E-state index in [0.29, 0.717) is 5.70 Å². The average molecular weight is 523 g/mol. The minimum absolute atomic E-state index is 0. The second-order valence-corrected chi connectivity index (χ2v) is 6.99. The number of aryl methyl sites for hydroxylation is 1. The van der Waals surface area contributed by atoms with Crippen LogP contribution in [0.1, 0.15) is 33.3 Å². The van der Waals surface area contributed by atoms with Crippen molar-refractivity contribution in [2.24, 2.45) is 7.05 Å². The van der Waals surface area contributed by atoms with Crippen molar-refractivity contribution < 1.29 is 47.7 Å². The Bertz CT molecular complexity index is 1170. The van der Waals surface area contributed by atoms with Gasteiger partial charge in [-0.15, -0.1) is 0 Å². The molecule has 1 aromatic heterocycles. The van der Waals surface area contributed by atoms with Crippen LogP contribution in [0.5, 0.6) is 5.75 Å². The van der Waals surface area contributed by atoms with E-state index in [4.69, 9.17) is 5.11 Å². The fraction of sp³-hybridized carbons (Fsp3) is 0.222. The number of carbonyl (C=O) groups excluding carboxylic acids is 1. The molecule has 0 bridgehead atoms. The maximum atomic E-state index is 11.4. The molecule has 173 valence electrons. The first kappa shape index (κ1) is 30.5. The molecule has 1 amide bonds. The van der Waals surface area contributed by atoms with Crippen LogP contribution in [0.3, 0.4) is 0 Å². The molecule has 0 spiro atoms. The Morgan fingerprint density at radius 3 is 2.33 bits per heavy atom. The van der Waals surface area contributed by atoms with Crippen LogP contribution in [0.2, 0.25) is 0 Å². The van der Waals surface area contributed by atoms with Crippen molar-refractivity contribution in [3.8, 4) is 16.9 Å². The number of benzene rings is 1. The zero-order chi connectivity index (χ0) is 24.3. The molecule has 6 heteroatoms. The van der Waals surface area contributed by atoms with Gasteiger partial charge in [0.05, 0.1) is 0 Å². The maximum Gasteiger partial charge on any atom is 0.221 e. The van der Waals surface area contributed by atoms with E-state index < -0.39 is 0 Å². The summed E-state index contributed by atoms with van der Waals surface area (Å²) in [5.74, 6) is 0.0276. The van der Waals surface area contributed by atoms with E-state index >= 15 is 0 Å². The molecule has 0 aliphatic carbocycles. The average Bonchev–Trinajstić information content (AvgIpc) is 3.06. The van der Waals surface area contributed by atoms with Gasteiger partial charge in [0.2, 0.25) is 5.91 Å². The molecule has 5 nitrogen and oxygen atoms in total. The molecule has 1 radical (unpaired) electrons. The van der Waals surface area contributed by atoms with Crippen LogP contribution in [0.4, 0.5) is 0 Å². The third-order valence-electron chi connectivity index (χ3n) is 4.65. The minimum Gasteiger partial charge on any atom is -0.508 e. The number of nitrogens with zero attached hydrogens (tertiary/aromatic N) is 1. The number of hydrogen-bond donors (Lipinski definition) is 3. The summed E-state index contributed by atoms with van der Waals surface area (Å²) in [6, 6.07) is 5.57. The van der Waals surface area contributed by atoms with Gasteiger partial charge in [0.1, 0.15) is 5.75 Å². The van der Waals surface area contributed by atoms with Gasteiger partial charge in [-0.05, 0) is 61.7 Å². The molecule has 0 fully saturated rings. The quantitative estimate of drug-likeness (QED) is 0.505. The number of hydrogen-bond acceptors (Lipinski definition) is 3. The van der Waals surface area contributed by atoms with E-state index in [2.05, 4.69) is 18.0 Å². The Hall–Kier alpha value is -2.47. The van der Waals surface area contributed by atoms with Gasteiger partial charge in [-0.3, -0.25) is 4.79 Å². The van der Waals surface area contributed by atoms with Gasteiger partial charge in [0, 0.05) is 81.8 Å². The van der Waals surface area contributed by atoms with Crippen LogP contribution in [0, 0.1) is 0 Å². The van der Waals surface area contributed by atoms with E-state index in [0.717, 1.165) is 39.9 Å². The summed E-state index contributed by atoms with van der Waals surface area (Å²) in [5.41, 5.74) is 4.28. The van der Waals surface area contributed by atoms with Crippen molar-refractivity contribution in [2.45, 2.75) is 27.7 Å². The number of carbonyl (C=O) groups is 1. The molecule has 1 aromatic carbocycles. The molecular weight excluding hydrogens is 489 g/mol. The topological polar surface area (TPSA) is 74.5 Å². The zero-order valence-corrected chi connectivity index (χ0v) is 23.2. The summed E-state index contributed by atoms with van der Waals surface area (Å²) in [6.45, 7) is 11.3. The second kappa shape index (κ2) is 15.4. The van der Waals surface area contributed by atoms with Crippen molar-refractivity contribution in [2.75, 3.05) is 7.11 Å². The van der Waals surface area contributed by atoms with Crippen LogP contribution in [-0.2, 0) is 44.6 Å². The number of nitrogens with one attached hydrogen (secondary N) is 1. The third-order valence-corrected chi connectivity index (χ3v) is 4.65. The number of aromatic hydroxyl groups is 1. The Labute approximate surface area is 222 Å². The molecule has 0 aliphatic heterocycles. The van der Waals surface area contributed by atoms with Crippen molar-refractivity contribution in [1.29, 1.82) is 0 Å². The summed E-state index contributed by atoms with van der Waals surface area (Å²) in [4.78, 5) is 11.4. The number of aliphatic hydroxyl groups excluding tert-OH is 1. The Morgan fingerprint density at radius 1 is 1.12 bits per heavy atom. The van der Waals surface area contributed by atoms with Crippen LogP contribution in [-0.4, -0.2) is 27.8 Å². The van der Waals surface area contributed by atoms with Crippen molar-refractivity contribution in [1.82, 2.24) is 9.88 Å². The van der Waals surface area contributed by atoms with Crippen LogP contribution >= 0.6 is 0 Å². The SMILES string of the molecule is C=C(/C=c1/c(-c2cc(O)cc(C(/C=C\C=C/C)=C/C)c2)cn(C)/c1=C/C)NC(C)=O.CO.[Y]. The molecule has 1 heterocycles. The van der Waals surface area contributed by atoms with E-state index in [9.17, 15) is 9.90 Å². The van der Waals surface area contributed by atoms with Crippen LogP contribution in [0.15, 0.2) is 67.1 Å². The number of phenols is 1. The molecule has 0 saturated carbocycles. The minimum atomic E-state index is -0.166. The molecule has 2 rings (SSSR count). The third kappa shape index (κ3) is 8.77. The normalized spacial score (nSPS) is 12.5. The van der Waals surface area contributed by atoms with Gasteiger partial charge in [-0.2, -0.15) is 0 Å². The van der Waals surface area contributed by atoms with Gasteiger partial charge >= 0.3 is 0 Å². The van der Waals surface area contributed by atoms with Crippen LogP contribution in [0.25, 0.3) is 28.9 Å². The maximum absolute atomic E-state index is 11.4. The predicted molar refractivity (Wildman–Crippen MR) is 135 cm³/mol. The Kier molecular flexibility index (Phi) is 14.2. The molecular formula is C27H34N2O3Y. The fourth-order valence-electron chi connectivity index (χ4n) is 3.40. The zero-order valence-electron chi connectivity index (χ0n) is 20.4. The Balaban J connectivity index is 0.00000332. The largest absolute Gasteiger partial charge is 0.508 e. The summed E-state index contributed by atoms with van der Waals surface area (Å²) in [6.07, 6.45) is 15.8. The van der Waals surface area contributed by atoms with Gasteiger partial charge in [-0.25, -0.2) is 0 Å². The molecule has 2 aromatic rings. The summed E-state index contributed by atoms with van der Waals surface area (Å²) < 4.78 is 2.02. The summed E-state index contributed by atoms with van der Waals surface area (Å²) >= 11 is 0. The molecule has 0 aliphatic rings. The fourth-order valence-corrected chi connectivity index (χ4v) is 3.40. The molecule has 0 unspecified atom stereocenters. The molecule has 0 atom stereocenters. The number of rotatable bonds is 6. The predicted octanol–water partition coefficient (Wildman–Crippen LogP) is 3.77. The molecule has 33 heavy (non-hydrogen) atoms. The molecule has 0 saturated heterocycles. The smallest absolute Gasteiger partial charge is 0.221 e. The second-order valence-electron chi connectivity index (χ2n) is 6.99. The van der Waals surface area contributed by atoms with Crippen molar-refractivity contribution >= 4 is 23.6 Å². The van der Waals surface area contributed by atoms with E-state index in [1.165, 1.54) is 6.92 Å². The molecule has 3 N–H and O–H groups in total. The Morgan fingerprint density at radius 2 is 1.79 bits per heavy atom. The van der Waals surface area contributed by atoms with Gasteiger partial charge in [0.15, 0.2) is 0 Å². The van der Waals surface area contributed by atoms with Gasteiger partial charge < -0.3 is 20.1 Å². The van der Waals surface area contributed by atoms with E-state index in [1.807, 2.05) is 81.1 Å².